The highest BCUT2D eigenvalue weighted by Crippen LogP contribution is 2.38. The van der Waals surface area contributed by atoms with E-state index >= 15 is 0 Å². The number of fused-ring (bicyclic) bond motifs is 1. The Bertz CT molecular complexity index is 338. The first-order valence-electron chi connectivity index (χ1n) is 5.78. The molecule has 2 heterocycles. The minimum absolute atomic E-state index is 0.192. The molecule has 0 bridgehead atoms. The molecule has 0 radical (unpaired) electrons. The highest BCUT2D eigenvalue weighted by molar-refractivity contribution is 5.65. The van der Waals surface area contributed by atoms with Gasteiger partial charge in [0.2, 0.25) is 5.79 Å². The van der Waals surface area contributed by atoms with Gasteiger partial charge in [0.05, 0.1) is 6.61 Å². The summed E-state index contributed by atoms with van der Waals surface area (Å²) in [5.41, 5.74) is 0. The number of hydrogen-bond donors (Lipinski definition) is 2. The predicted octanol–water partition coefficient (Wildman–Crippen LogP) is -0.851. The molecule has 2 fully saturated rings. The Morgan fingerprint density at radius 3 is 2.72 bits per heavy atom. The van der Waals surface area contributed by atoms with Crippen molar-refractivity contribution in [2.24, 2.45) is 0 Å². The van der Waals surface area contributed by atoms with Crippen molar-refractivity contribution in [3.63, 3.8) is 0 Å². The normalized spacial score (nSPS) is 37.1. The number of hydrogen-bond acceptors (Lipinski definition) is 7. The number of aliphatic hydroxyl groups is 2. The first-order valence-corrected chi connectivity index (χ1v) is 5.78. The third-order valence-corrected chi connectivity index (χ3v) is 3.01. The van der Waals surface area contributed by atoms with Crippen molar-refractivity contribution in [2.45, 2.75) is 50.7 Å². The third kappa shape index (κ3) is 2.50. The van der Waals surface area contributed by atoms with E-state index in [9.17, 15) is 15.0 Å². The second-order valence-electron chi connectivity index (χ2n) is 5.00. The lowest BCUT2D eigenvalue weighted by Crippen LogP contribution is -2.57. The van der Waals surface area contributed by atoms with Gasteiger partial charge >= 0.3 is 5.97 Å². The molecule has 2 aliphatic rings. The van der Waals surface area contributed by atoms with Crippen molar-refractivity contribution >= 4 is 5.97 Å². The maximum absolute atomic E-state index is 10.7. The van der Waals surface area contributed by atoms with E-state index in [2.05, 4.69) is 0 Å². The number of esters is 1. The summed E-state index contributed by atoms with van der Waals surface area (Å²) in [6.07, 6.45) is -2.57. The van der Waals surface area contributed by atoms with E-state index in [1.54, 1.807) is 13.8 Å². The molecule has 2 unspecified atom stereocenters. The predicted molar refractivity (Wildman–Crippen MR) is 57.4 cm³/mol. The molecule has 0 aromatic heterocycles. The Morgan fingerprint density at radius 1 is 1.44 bits per heavy atom. The molecule has 0 amide bonds. The summed E-state index contributed by atoms with van der Waals surface area (Å²) in [5.74, 6) is -3.62. The van der Waals surface area contributed by atoms with Gasteiger partial charge in [0.25, 0.3) is 0 Å². The largest absolute Gasteiger partial charge is 0.463 e. The van der Waals surface area contributed by atoms with Crippen molar-refractivity contribution in [3.05, 3.63) is 0 Å². The van der Waals surface area contributed by atoms with Crippen LogP contribution in [-0.2, 0) is 23.7 Å². The zero-order valence-electron chi connectivity index (χ0n) is 10.6. The molecular formula is C11H18O7. The van der Waals surface area contributed by atoms with E-state index < -0.39 is 35.9 Å². The summed E-state index contributed by atoms with van der Waals surface area (Å²) >= 11 is 0. The van der Waals surface area contributed by atoms with Crippen LogP contribution in [0.15, 0.2) is 0 Å². The summed E-state index contributed by atoms with van der Waals surface area (Å²) in [6, 6.07) is 0. The molecule has 0 spiro atoms. The van der Waals surface area contributed by atoms with Crippen LogP contribution in [0.2, 0.25) is 0 Å². The summed E-state index contributed by atoms with van der Waals surface area (Å²) in [4.78, 5) is 10.7. The Balaban J connectivity index is 2.07. The molecule has 2 aliphatic heterocycles. The van der Waals surface area contributed by atoms with E-state index in [0.29, 0.717) is 0 Å². The second-order valence-corrected chi connectivity index (χ2v) is 5.00. The highest BCUT2D eigenvalue weighted by atomic mass is 16.8. The molecule has 0 aromatic rings. The van der Waals surface area contributed by atoms with Gasteiger partial charge in [0.15, 0.2) is 5.79 Å². The van der Waals surface area contributed by atoms with Gasteiger partial charge < -0.3 is 29.2 Å². The fourth-order valence-corrected chi connectivity index (χ4v) is 2.11. The van der Waals surface area contributed by atoms with Crippen LogP contribution in [-0.4, -0.2) is 59.3 Å². The number of carbonyl (C=O) groups excluding carboxylic acids is 1. The van der Waals surface area contributed by atoms with Crippen LogP contribution < -0.4 is 0 Å². The first kappa shape index (κ1) is 13.7. The van der Waals surface area contributed by atoms with Gasteiger partial charge in [-0.1, -0.05) is 0 Å². The van der Waals surface area contributed by atoms with E-state index in [4.69, 9.17) is 18.9 Å². The SMILES string of the molecule is CC(=O)OCC1OC2COC(C)(C)O[C@@H]2C1(O)O. The zero-order valence-corrected chi connectivity index (χ0v) is 10.6. The summed E-state index contributed by atoms with van der Waals surface area (Å²) in [7, 11) is 0. The van der Waals surface area contributed by atoms with Crippen LogP contribution in [0, 0.1) is 0 Å². The van der Waals surface area contributed by atoms with Crippen molar-refractivity contribution in [1.29, 1.82) is 0 Å². The van der Waals surface area contributed by atoms with Crippen LogP contribution in [0.5, 0.6) is 0 Å². The minimum atomic E-state index is -2.21. The average Bonchev–Trinajstić information content (AvgIpc) is 2.47. The van der Waals surface area contributed by atoms with E-state index in [1.165, 1.54) is 6.92 Å². The number of ether oxygens (including phenoxy) is 4. The Hall–Kier alpha value is -0.730. The van der Waals surface area contributed by atoms with Gasteiger partial charge in [-0.3, -0.25) is 4.79 Å². The van der Waals surface area contributed by atoms with Gasteiger partial charge in [-0.2, -0.15) is 0 Å². The van der Waals surface area contributed by atoms with Crippen LogP contribution in [0.4, 0.5) is 0 Å². The van der Waals surface area contributed by atoms with Crippen molar-refractivity contribution in [1.82, 2.24) is 0 Å². The Labute approximate surface area is 105 Å². The molecule has 7 heteroatoms. The molecule has 3 atom stereocenters. The van der Waals surface area contributed by atoms with Crippen LogP contribution in [0.3, 0.4) is 0 Å². The van der Waals surface area contributed by atoms with Gasteiger partial charge in [0.1, 0.15) is 24.9 Å². The second kappa shape index (κ2) is 4.43. The first-order chi connectivity index (χ1) is 8.22. The molecule has 0 aliphatic carbocycles. The monoisotopic (exact) mass is 262 g/mol. The molecule has 0 aromatic carbocycles. The van der Waals surface area contributed by atoms with E-state index in [0.717, 1.165) is 0 Å². The average molecular weight is 262 g/mol. The lowest BCUT2D eigenvalue weighted by molar-refractivity contribution is -0.336. The van der Waals surface area contributed by atoms with E-state index in [1.807, 2.05) is 0 Å². The lowest BCUT2D eigenvalue weighted by atomic mass is 10.0. The van der Waals surface area contributed by atoms with Gasteiger partial charge in [0, 0.05) is 6.92 Å². The third-order valence-electron chi connectivity index (χ3n) is 3.01. The molecular weight excluding hydrogens is 244 g/mol. The molecule has 7 nitrogen and oxygen atoms in total. The summed E-state index contributed by atoms with van der Waals surface area (Å²) in [5, 5.41) is 20.1. The van der Waals surface area contributed by atoms with Crippen LogP contribution in [0.1, 0.15) is 20.8 Å². The van der Waals surface area contributed by atoms with E-state index in [-0.39, 0.29) is 13.2 Å². The lowest BCUT2D eigenvalue weighted by Gasteiger charge is -2.39. The standard InChI is InChI=1S/C11H18O7/c1-6(12)15-5-8-11(13,14)9-7(17-8)4-16-10(2,3)18-9/h7-9,13-14H,4-5H2,1-3H3/t7?,8?,9-/m0/s1. The Kier molecular flexibility index (Phi) is 3.37. The number of rotatable bonds is 2. The molecule has 2 N–H and O–H groups in total. The fraction of sp³-hybridized carbons (Fsp3) is 0.909. The maximum atomic E-state index is 10.7. The molecule has 104 valence electrons. The Morgan fingerprint density at radius 2 is 2.11 bits per heavy atom. The summed E-state index contributed by atoms with van der Waals surface area (Å²) < 4.78 is 21.0. The maximum Gasteiger partial charge on any atom is 0.302 e. The van der Waals surface area contributed by atoms with Crippen LogP contribution in [0.25, 0.3) is 0 Å². The van der Waals surface area contributed by atoms with Crippen molar-refractivity contribution < 1.29 is 34.0 Å². The van der Waals surface area contributed by atoms with Crippen LogP contribution >= 0.6 is 0 Å². The quantitative estimate of drug-likeness (QED) is 0.494. The van der Waals surface area contributed by atoms with Crippen molar-refractivity contribution in [2.75, 3.05) is 13.2 Å². The van der Waals surface area contributed by atoms with Crippen molar-refractivity contribution in [3.8, 4) is 0 Å². The topological polar surface area (TPSA) is 94.5 Å². The molecule has 2 rings (SSSR count). The minimum Gasteiger partial charge on any atom is -0.463 e. The smallest absolute Gasteiger partial charge is 0.302 e. The van der Waals surface area contributed by atoms with Gasteiger partial charge in [-0.05, 0) is 13.8 Å². The van der Waals surface area contributed by atoms with Gasteiger partial charge in [-0.25, -0.2) is 0 Å². The number of carbonyl (C=O) groups is 1. The molecule has 2 saturated heterocycles. The summed E-state index contributed by atoms with van der Waals surface area (Å²) in [6.45, 7) is 4.55. The molecule has 0 saturated carbocycles. The van der Waals surface area contributed by atoms with Gasteiger partial charge in [-0.15, -0.1) is 0 Å². The fourth-order valence-electron chi connectivity index (χ4n) is 2.11. The zero-order chi connectivity index (χ0) is 13.6. The highest BCUT2D eigenvalue weighted by Gasteiger charge is 2.59. The molecule has 18 heavy (non-hydrogen) atoms.